The summed E-state index contributed by atoms with van der Waals surface area (Å²) < 4.78 is 0. The molecule has 0 unspecified atom stereocenters. The second-order valence-electron chi connectivity index (χ2n) is 16.2. The fraction of sp³-hybridized carbons (Fsp3) is 0.231. The number of hydrogen-bond acceptors (Lipinski definition) is 2. The molecule has 0 saturated carbocycles. The third-order valence-corrected chi connectivity index (χ3v) is 11.7. The quantitative estimate of drug-likeness (QED) is 0.140. The monoisotopic (exact) mass is 706 g/mol. The van der Waals surface area contributed by atoms with Gasteiger partial charge in [0.2, 0.25) is 0 Å². The zero-order valence-electron chi connectivity index (χ0n) is 33.3. The van der Waals surface area contributed by atoms with Gasteiger partial charge in [-0.1, -0.05) is 144 Å². The molecule has 7 aromatic rings. The van der Waals surface area contributed by atoms with Crippen molar-refractivity contribution in [3.8, 4) is 22.3 Å². The first kappa shape index (κ1) is 36.7. The van der Waals surface area contributed by atoms with E-state index in [4.69, 9.17) is 0 Å². The lowest BCUT2D eigenvalue weighted by Gasteiger charge is -2.30. The van der Waals surface area contributed by atoms with Crippen LogP contribution in [0.1, 0.15) is 71.1 Å². The molecule has 0 heterocycles. The van der Waals surface area contributed by atoms with Gasteiger partial charge < -0.3 is 9.80 Å². The first-order valence-corrected chi connectivity index (χ1v) is 19.5. The van der Waals surface area contributed by atoms with Crippen molar-refractivity contribution in [2.75, 3.05) is 16.8 Å². The molecule has 2 heteroatoms. The first-order chi connectivity index (χ1) is 26.0. The molecule has 0 bridgehead atoms. The van der Waals surface area contributed by atoms with Crippen molar-refractivity contribution in [1.82, 2.24) is 0 Å². The summed E-state index contributed by atoms with van der Waals surface area (Å²) in [7, 11) is 2.18. The number of aryl methyl sites for hydroxylation is 1. The Labute approximate surface area is 323 Å². The van der Waals surface area contributed by atoms with Crippen LogP contribution in [0.5, 0.6) is 0 Å². The van der Waals surface area contributed by atoms with Gasteiger partial charge in [-0.05, 0) is 135 Å². The molecule has 272 valence electrons. The largest absolute Gasteiger partial charge is 0.345 e. The molecule has 2 nitrogen and oxygen atoms in total. The van der Waals surface area contributed by atoms with E-state index in [1.807, 2.05) is 0 Å². The summed E-state index contributed by atoms with van der Waals surface area (Å²) in [5.41, 5.74) is 14.7. The van der Waals surface area contributed by atoms with Crippen LogP contribution in [0.3, 0.4) is 0 Å². The predicted molar refractivity (Wildman–Crippen MR) is 235 cm³/mol. The van der Waals surface area contributed by atoms with Crippen LogP contribution in [0, 0.1) is 6.92 Å². The number of anilines is 5. The van der Waals surface area contributed by atoms with Gasteiger partial charge in [0.05, 0.1) is 0 Å². The minimum atomic E-state index is 0.100. The molecule has 7 rings (SSSR count). The molecule has 0 aliphatic heterocycles. The second-order valence-corrected chi connectivity index (χ2v) is 16.2. The van der Waals surface area contributed by atoms with Gasteiger partial charge in [0, 0.05) is 35.5 Å². The molecule has 0 aliphatic carbocycles. The normalized spacial score (nSPS) is 11.9. The molecule has 0 atom stereocenters. The molecule has 0 fully saturated rings. The zero-order valence-corrected chi connectivity index (χ0v) is 33.3. The Morgan fingerprint density at radius 2 is 0.870 bits per heavy atom. The standard InChI is InChI=1S/C52H54N2/c1-9-52(7,10-2)41-25-31-44(32-26-41)54(43-27-21-37(3)22-28-43)46-35-48(39-19-15-12-16-20-39)49-34-45(33-47(50(49)36-46)38-17-13-11-14-18-38)53(8)42-29-23-40(24-30-42)51(4,5)6/h11-36H,9-10H2,1-8H3. The van der Waals surface area contributed by atoms with E-state index in [9.17, 15) is 0 Å². The van der Waals surface area contributed by atoms with Crippen molar-refractivity contribution >= 4 is 39.2 Å². The molecule has 54 heavy (non-hydrogen) atoms. The maximum Gasteiger partial charge on any atom is 0.0474 e. The smallest absolute Gasteiger partial charge is 0.0474 e. The summed E-state index contributed by atoms with van der Waals surface area (Å²) >= 11 is 0. The Bertz CT molecular complexity index is 2330. The highest BCUT2D eigenvalue weighted by molar-refractivity contribution is 6.09. The fourth-order valence-electron chi connectivity index (χ4n) is 7.61. The Morgan fingerprint density at radius 3 is 1.35 bits per heavy atom. The average molecular weight is 707 g/mol. The van der Waals surface area contributed by atoms with Gasteiger partial charge in [-0.3, -0.25) is 0 Å². The molecule has 7 aromatic carbocycles. The maximum absolute atomic E-state index is 2.43. The molecular formula is C52H54N2. The van der Waals surface area contributed by atoms with Crippen LogP contribution in [-0.2, 0) is 10.8 Å². The molecule has 0 saturated heterocycles. The van der Waals surface area contributed by atoms with Crippen molar-refractivity contribution in [3.05, 3.63) is 174 Å². The third-order valence-electron chi connectivity index (χ3n) is 11.7. The van der Waals surface area contributed by atoms with Crippen LogP contribution in [0.2, 0.25) is 0 Å². The van der Waals surface area contributed by atoms with Gasteiger partial charge in [-0.25, -0.2) is 0 Å². The highest BCUT2D eigenvalue weighted by Crippen LogP contribution is 2.45. The molecule has 0 spiro atoms. The number of hydrogen-bond donors (Lipinski definition) is 0. The third kappa shape index (κ3) is 7.31. The van der Waals surface area contributed by atoms with Crippen molar-refractivity contribution < 1.29 is 0 Å². The number of rotatable bonds is 10. The van der Waals surface area contributed by atoms with Crippen molar-refractivity contribution in [2.24, 2.45) is 0 Å². The molecule has 0 aromatic heterocycles. The van der Waals surface area contributed by atoms with Crippen LogP contribution >= 0.6 is 0 Å². The number of fused-ring (bicyclic) bond motifs is 1. The Hall–Kier alpha value is -5.60. The van der Waals surface area contributed by atoms with Gasteiger partial charge in [0.25, 0.3) is 0 Å². The van der Waals surface area contributed by atoms with Gasteiger partial charge in [-0.15, -0.1) is 0 Å². The molecular weight excluding hydrogens is 653 g/mol. The van der Waals surface area contributed by atoms with E-state index in [1.54, 1.807) is 0 Å². The van der Waals surface area contributed by atoms with Crippen LogP contribution in [0.4, 0.5) is 28.4 Å². The van der Waals surface area contributed by atoms with E-state index >= 15 is 0 Å². The minimum absolute atomic E-state index is 0.100. The van der Waals surface area contributed by atoms with Crippen LogP contribution in [-0.4, -0.2) is 7.05 Å². The Morgan fingerprint density at radius 1 is 0.444 bits per heavy atom. The van der Waals surface area contributed by atoms with Crippen molar-refractivity contribution in [2.45, 2.75) is 72.1 Å². The van der Waals surface area contributed by atoms with E-state index < -0.39 is 0 Å². The summed E-state index contributed by atoms with van der Waals surface area (Å²) in [6, 6.07) is 58.6. The van der Waals surface area contributed by atoms with E-state index in [0.29, 0.717) is 0 Å². The molecule has 0 amide bonds. The summed E-state index contributed by atoms with van der Waals surface area (Å²) in [4.78, 5) is 4.75. The molecule has 0 N–H and O–H groups in total. The zero-order chi connectivity index (χ0) is 38.0. The molecule has 0 radical (unpaired) electrons. The summed E-state index contributed by atoms with van der Waals surface area (Å²) in [5, 5.41) is 2.44. The highest BCUT2D eigenvalue weighted by Gasteiger charge is 2.24. The second kappa shape index (κ2) is 15.0. The van der Waals surface area contributed by atoms with Crippen molar-refractivity contribution in [3.63, 3.8) is 0 Å². The van der Waals surface area contributed by atoms with Gasteiger partial charge in [0.1, 0.15) is 0 Å². The Kier molecular flexibility index (Phi) is 10.2. The maximum atomic E-state index is 2.43. The topological polar surface area (TPSA) is 6.48 Å². The Balaban J connectivity index is 1.49. The van der Waals surface area contributed by atoms with Crippen molar-refractivity contribution in [1.29, 1.82) is 0 Å². The van der Waals surface area contributed by atoms with Gasteiger partial charge in [-0.2, -0.15) is 0 Å². The average Bonchev–Trinajstić information content (AvgIpc) is 3.21. The predicted octanol–water partition coefficient (Wildman–Crippen LogP) is 15.1. The van der Waals surface area contributed by atoms with E-state index in [1.165, 1.54) is 49.7 Å². The summed E-state index contributed by atoms with van der Waals surface area (Å²) in [6.07, 6.45) is 2.22. The van der Waals surface area contributed by atoms with E-state index in [2.05, 4.69) is 223 Å². The van der Waals surface area contributed by atoms with E-state index in [-0.39, 0.29) is 10.8 Å². The lowest BCUT2D eigenvalue weighted by Crippen LogP contribution is -2.19. The summed E-state index contributed by atoms with van der Waals surface area (Å²) in [6.45, 7) is 15.9. The minimum Gasteiger partial charge on any atom is -0.345 e. The number of nitrogens with zero attached hydrogens (tertiary/aromatic N) is 2. The fourth-order valence-corrected chi connectivity index (χ4v) is 7.61. The van der Waals surface area contributed by atoms with Crippen LogP contribution in [0.15, 0.2) is 158 Å². The lowest BCUT2D eigenvalue weighted by molar-refractivity contribution is 0.439. The lowest BCUT2D eigenvalue weighted by atomic mass is 9.78. The van der Waals surface area contributed by atoms with E-state index in [0.717, 1.165) is 41.3 Å². The summed E-state index contributed by atoms with van der Waals surface area (Å²) in [5.74, 6) is 0. The molecule has 0 aliphatic rings. The first-order valence-electron chi connectivity index (χ1n) is 19.5. The van der Waals surface area contributed by atoms with Gasteiger partial charge in [0.15, 0.2) is 0 Å². The highest BCUT2D eigenvalue weighted by atomic mass is 15.1. The van der Waals surface area contributed by atoms with Crippen LogP contribution < -0.4 is 9.80 Å². The van der Waals surface area contributed by atoms with Gasteiger partial charge >= 0.3 is 0 Å². The SMILES string of the molecule is CCC(C)(CC)c1ccc(N(c2ccc(C)cc2)c2cc(-c3ccccc3)c3cc(N(C)c4ccc(C(C)(C)C)cc4)cc(-c4ccccc4)c3c2)cc1. The number of benzene rings is 7. The van der Waals surface area contributed by atoms with Crippen LogP contribution in [0.25, 0.3) is 33.0 Å².